The number of para-hydroxylation sites is 1. The summed E-state index contributed by atoms with van der Waals surface area (Å²) in [6, 6.07) is 7.13. The van der Waals surface area contributed by atoms with E-state index in [4.69, 9.17) is 18.8 Å². The van der Waals surface area contributed by atoms with E-state index in [-0.39, 0.29) is 6.61 Å². The van der Waals surface area contributed by atoms with Crippen LogP contribution in [0.2, 0.25) is 0 Å². The van der Waals surface area contributed by atoms with E-state index in [1.54, 1.807) is 19.1 Å². The summed E-state index contributed by atoms with van der Waals surface area (Å²) in [4.78, 5) is 11.5. The zero-order chi connectivity index (χ0) is 15.7. The predicted octanol–water partition coefficient (Wildman–Crippen LogP) is 2.52. The Morgan fingerprint density at radius 2 is 1.71 bits per heavy atom. The van der Waals surface area contributed by atoms with Gasteiger partial charge >= 0.3 is 13.3 Å². The van der Waals surface area contributed by atoms with Crippen molar-refractivity contribution >= 4 is 18.7 Å². The van der Waals surface area contributed by atoms with Crippen LogP contribution in [0.25, 0.3) is 0 Å². The average molecular weight is 292 g/mol. The maximum atomic E-state index is 11.5. The standard InChI is InChI=1S/C15H21BO5/c1-6-18-13(17)19-12-10-8-7-9-11(12)16-20-14(2,3)15(4,5)21-16/h7-10H,6H2,1-5H3. The van der Waals surface area contributed by atoms with E-state index in [1.165, 1.54) is 0 Å². The molecule has 1 aromatic rings. The van der Waals surface area contributed by atoms with Crippen molar-refractivity contribution in [2.24, 2.45) is 0 Å². The summed E-state index contributed by atoms with van der Waals surface area (Å²) in [5.74, 6) is 0.384. The van der Waals surface area contributed by atoms with Crippen molar-refractivity contribution in [3.63, 3.8) is 0 Å². The molecule has 21 heavy (non-hydrogen) atoms. The number of carbonyl (C=O) groups excluding carboxylic acids is 1. The second-order valence-corrected chi connectivity index (χ2v) is 5.91. The van der Waals surface area contributed by atoms with Crippen LogP contribution in [0.4, 0.5) is 4.79 Å². The van der Waals surface area contributed by atoms with Crippen LogP contribution in [-0.4, -0.2) is 31.1 Å². The van der Waals surface area contributed by atoms with Gasteiger partial charge in [0.2, 0.25) is 0 Å². The quantitative estimate of drug-likeness (QED) is 0.487. The summed E-state index contributed by atoms with van der Waals surface area (Å²) in [5.41, 5.74) is -0.229. The molecular weight excluding hydrogens is 271 g/mol. The van der Waals surface area contributed by atoms with E-state index in [9.17, 15) is 4.79 Å². The molecule has 0 amide bonds. The fourth-order valence-corrected chi connectivity index (χ4v) is 1.98. The van der Waals surface area contributed by atoms with Crippen molar-refractivity contribution in [3.05, 3.63) is 24.3 Å². The molecule has 1 aliphatic heterocycles. The highest BCUT2D eigenvalue weighted by Crippen LogP contribution is 2.37. The largest absolute Gasteiger partial charge is 0.513 e. The van der Waals surface area contributed by atoms with Gasteiger partial charge in [0.05, 0.1) is 17.8 Å². The lowest BCUT2D eigenvalue weighted by molar-refractivity contribution is 0.00578. The minimum Gasteiger partial charge on any atom is -0.434 e. The number of ether oxygens (including phenoxy) is 2. The van der Waals surface area contributed by atoms with Crippen molar-refractivity contribution < 1.29 is 23.6 Å². The molecule has 0 radical (unpaired) electrons. The first-order chi connectivity index (χ1) is 9.77. The summed E-state index contributed by atoms with van der Waals surface area (Å²) in [6.07, 6.45) is -0.735. The van der Waals surface area contributed by atoms with Gasteiger partial charge in [0, 0.05) is 5.46 Å². The molecule has 0 aromatic heterocycles. The van der Waals surface area contributed by atoms with Crippen molar-refractivity contribution in [1.29, 1.82) is 0 Å². The Bertz CT molecular complexity index is 511. The first-order valence-electron chi connectivity index (χ1n) is 7.06. The van der Waals surface area contributed by atoms with Gasteiger partial charge in [-0.15, -0.1) is 0 Å². The molecule has 5 nitrogen and oxygen atoms in total. The fourth-order valence-electron chi connectivity index (χ4n) is 1.98. The van der Waals surface area contributed by atoms with Crippen LogP contribution in [0.1, 0.15) is 34.6 Å². The van der Waals surface area contributed by atoms with Gasteiger partial charge < -0.3 is 18.8 Å². The summed E-state index contributed by atoms with van der Waals surface area (Å²) >= 11 is 0. The normalized spacial score (nSPS) is 19.4. The van der Waals surface area contributed by atoms with E-state index in [0.717, 1.165) is 0 Å². The second kappa shape index (κ2) is 5.69. The minimum atomic E-state index is -0.735. The number of benzene rings is 1. The molecule has 114 valence electrons. The maximum Gasteiger partial charge on any atom is 0.513 e. The van der Waals surface area contributed by atoms with Crippen LogP contribution >= 0.6 is 0 Å². The van der Waals surface area contributed by atoms with Gasteiger partial charge in [0.1, 0.15) is 5.75 Å². The molecule has 0 N–H and O–H groups in total. The zero-order valence-corrected chi connectivity index (χ0v) is 13.1. The molecule has 0 bridgehead atoms. The fraction of sp³-hybridized carbons (Fsp3) is 0.533. The van der Waals surface area contributed by atoms with Gasteiger partial charge in [-0.2, -0.15) is 0 Å². The lowest BCUT2D eigenvalue weighted by Gasteiger charge is -2.32. The first kappa shape index (κ1) is 15.9. The van der Waals surface area contributed by atoms with Crippen LogP contribution < -0.4 is 10.2 Å². The zero-order valence-electron chi connectivity index (χ0n) is 13.1. The Labute approximate surface area is 125 Å². The Balaban J connectivity index is 2.24. The van der Waals surface area contributed by atoms with Gasteiger partial charge in [0.15, 0.2) is 0 Å². The molecule has 0 unspecified atom stereocenters. The van der Waals surface area contributed by atoms with Gasteiger partial charge in [-0.1, -0.05) is 18.2 Å². The monoisotopic (exact) mass is 292 g/mol. The molecule has 1 aliphatic rings. The lowest BCUT2D eigenvalue weighted by atomic mass is 9.78. The number of hydrogen-bond donors (Lipinski definition) is 0. The van der Waals surface area contributed by atoms with Crippen molar-refractivity contribution in [2.75, 3.05) is 6.61 Å². The van der Waals surface area contributed by atoms with Crippen molar-refractivity contribution in [2.45, 2.75) is 45.8 Å². The van der Waals surface area contributed by atoms with Gasteiger partial charge in [-0.05, 0) is 40.7 Å². The van der Waals surface area contributed by atoms with Gasteiger partial charge in [-0.3, -0.25) is 0 Å². The van der Waals surface area contributed by atoms with E-state index < -0.39 is 24.5 Å². The van der Waals surface area contributed by atoms with Crippen LogP contribution in [0.5, 0.6) is 5.75 Å². The Morgan fingerprint density at radius 1 is 1.14 bits per heavy atom. The number of carbonyl (C=O) groups is 1. The van der Waals surface area contributed by atoms with Gasteiger partial charge in [-0.25, -0.2) is 4.79 Å². The van der Waals surface area contributed by atoms with Crippen LogP contribution in [-0.2, 0) is 14.0 Å². The smallest absolute Gasteiger partial charge is 0.434 e. The van der Waals surface area contributed by atoms with Crippen molar-refractivity contribution in [1.82, 2.24) is 0 Å². The second-order valence-electron chi connectivity index (χ2n) is 5.91. The Kier molecular flexibility index (Phi) is 4.30. The molecule has 0 aliphatic carbocycles. The third-order valence-electron chi connectivity index (χ3n) is 3.88. The molecule has 0 atom stereocenters. The van der Waals surface area contributed by atoms with Crippen LogP contribution in [0.3, 0.4) is 0 Å². The molecule has 2 rings (SSSR count). The number of hydrogen-bond acceptors (Lipinski definition) is 5. The molecule has 0 spiro atoms. The maximum absolute atomic E-state index is 11.5. The molecule has 6 heteroatoms. The Hall–Kier alpha value is -1.53. The topological polar surface area (TPSA) is 54.0 Å². The summed E-state index contributed by atoms with van der Waals surface area (Å²) < 4.78 is 22.0. The molecule has 1 fully saturated rings. The minimum absolute atomic E-state index is 0.261. The summed E-state index contributed by atoms with van der Waals surface area (Å²) in [6.45, 7) is 9.88. The summed E-state index contributed by atoms with van der Waals surface area (Å²) in [7, 11) is -0.583. The first-order valence-corrected chi connectivity index (χ1v) is 7.06. The Morgan fingerprint density at radius 3 is 2.29 bits per heavy atom. The highest BCUT2D eigenvalue weighted by Gasteiger charge is 2.52. The van der Waals surface area contributed by atoms with Crippen molar-refractivity contribution in [3.8, 4) is 5.75 Å². The van der Waals surface area contributed by atoms with E-state index in [2.05, 4.69) is 0 Å². The average Bonchev–Trinajstić information content (AvgIpc) is 2.59. The molecular formula is C15H21BO5. The van der Waals surface area contributed by atoms with Crippen LogP contribution in [0.15, 0.2) is 24.3 Å². The molecule has 1 saturated heterocycles. The highest BCUT2D eigenvalue weighted by atomic mass is 16.7. The highest BCUT2D eigenvalue weighted by molar-refractivity contribution is 6.63. The summed E-state index contributed by atoms with van der Waals surface area (Å²) in [5, 5.41) is 0. The molecule has 1 aromatic carbocycles. The van der Waals surface area contributed by atoms with Crippen LogP contribution in [0, 0.1) is 0 Å². The lowest BCUT2D eigenvalue weighted by Crippen LogP contribution is -2.41. The predicted molar refractivity (Wildman–Crippen MR) is 79.8 cm³/mol. The third-order valence-corrected chi connectivity index (χ3v) is 3.88. The third kappa shape index (κ3) is 3.22. The van der Waals surface area contributed by atoms with E-state index in [0.29, 0.717) is 11.2 Å². The van der Waals surface area contributed by atoms with E-state index >= 15 is 0 Å². The number of rotatable bonds is 3. The molecule has 0 saturated carbocycles. The SMILES string of the molecule is CCOC(=O)Oc1ccccc1B1OC(C)(C)C(C)(C)O1. The van der Waals surface area contributed by atoms with Gasteiger partial charge in [0.25, 0.3) is 0 Å². The van der Waals surface area contributed by atoms with E-state index in [1.807, 2.05) is 39.8 Å². The molecule has 1 heterocycles.